The molecule has 0 fully saturated rings. The molecule has 1 aliphatic rings. The van der Waals surface area contributed by atoms with Crippen LogP contribution in [0.15, 0.2) is 6.33 Å². The molecule has 0 atom stereocenters. The van der Waals surface area contributed by atoms with Gasteiger partial charge in [-0.25, -0.2) is 9.67 Å². The summed E-state index contributed by atoms with van der Waals surface area (Å²) in [4.78, 5) is 4.21. The van der Waals surface area contributed by atoms with Gasteiger partial charge in [0.25, 0.3) is 0 Å². The van der Waals surface area contributed by atoms with Crippen molar-refractivity contribution in [2.45, 2.75) is 13.1 Å². The SMILES string of the molecule is CS(C)(S)N1CCn2ncnc2C1. The molecule has 0 bridgehead atoms. The Labute approximate surface area is 84.6 Å². The van der Waals surface area contributed by atoms with Crippen molar-refractivity contribution >= 4 is 20.9 Å². The molecule has 0 unspecified atom stereocenters. The van der Waals surface area contributed by atoms with Crippen LogP contribution in [0.5, 0.6) is 0 Å². The molecule has 13 heavy (non-hydrogen) atoms. The van der Waals surface area contributed by atoms with Crippen molar-refractivity contribution in [3.8, 4) is 0 Å². The minimum atomic E-state index is -0.900. The maximum Gasteiger partial charge on any atom is 0.142 e. The quantitative estimate of drug-likeness (QED) is 0.562. The predicted molar refractivity (Wildman–Crippen MR) is 58.9 cm³/mol. The first-order valence-electron chi connectivity index (χ1n) is 4.15. The standard InChI is InChI=1S/C7H14N4S2/c1-13(2,12)10-3-4-11-7(5-10)8-6-9-11/h6,12H,3-5H2,1-2H3. The fraction of sp³-hybridized carbons (Fsp3) is 0.714. The van der Waals surface area contributed by atoms with Gasteiger partial charge in [-0.2, -0.15) is 5.10 Å². The van der Waals surface area contributed by atoms with Crippen molar-refractivity contribution in [2.75, 3.05) is 19.1 Å². The van der Waals surface area contributed by atoms with E-state index in [2.05, 4.69) is 38.6 Å². The van der Waals surface area contributed by atoms with Crippen molar-refractivity contribution in [3.63, 3.8) is 0 Å². The highest BCUT2D eigenvalue weighted by molar-refractivity contribution is 8.86. The van der Waals surface area contributed by atoms with Gasteiger partial charge in [0.15, 0.2) is 0 Å². The molecule has 0 amide bonds. The van der Waals surface area contributed by atoms with Crippen LogP contribution in [0.25, 0.3) is 0 Å². The lowest BCUT2D eigenvalue weighted by molar-refractivity contribution is 0.346. The van der Waals surface area contributed by atoms with Crippen LogP contribution >= 0.6 is 20.9 Å². The third kappa shape index (κ3) is 1.84. The summed E-state index contributed by atoms with van der Waals surface area (Å²) in [6.07, 6.45) is 5.99. The van der Waals surface area contributed by atoms with E-state index in [0.29, 0.717) is 0 Å². The van der Waals surface area contributed by atoms with Crippen LogP contribution in [0.4, 0.5) is 0 Å². The monoisotopic (exact) mass is 218 g/mol. The largest absolute Gasteiger partial charge is 0.250 e. The van der Waals surface area contributed by atoms with Crippen molar-refractivity contribution in [1.82, 2.24) is 19.1 Å². The molecule has 2 rings (SSSR count). The van der Waals surface area contributed by atoms with Gasteiger partial charge in [-0.3, -0.25) is 4.31 Å². The Morgan fingerprint density at radius 2 is 2.23 bits per heavy atom. The van der Waals surface area contributed by atoms with E-state index in [-0.39, 0.29) is 0 Å². The van der Waals surface area contributed by atoms with Gasteiger partial charge in [-0.15, -0.1) is 20.9 Å². The number of hydrogen-bond donors (Lipinski definition) is 1. The molecule has 0 saturated heterocycles. The average molecular weight is 218 g/mol. The molecule has 74 valence electrons. The molecule has 1 aromatic rings. The van der Waals surface area contributed by atoms with E-state index >= 15 is 0 Å². The molecule has 4 nitrogen and oxygen atoms in total. The van der Waals surface area contributed by atoms with E-state index in [0.717, 1.165) is 25.5 Å². The fourth-order valence-corrected chi connectivity index (χ4v) is 2.80. The van der Waals surface area contributed by atoms with Crippen molar-refractivity contribution in [1.29, 1.82) is 0 Å². The molecule has 0 saturated carbocycles. The topological polar surface area (TPSA) is 34.0 Å². The first kappa shape index (κ1) is 9.36. The van der Waals surface area contributed by atoms with Crippen LogP contribution < -0.4 is 0 Å². The highest BCUT2D eigenvalue weighted by atomic mass is 33.1. The minimum absolute atomic E-state index is 0.881. The lowest BCUT2D eigenvalue weighted by atomic mass is 10.4. The smallest absolute Gasteiger partial charge is 0.142 e. The number of fused-ring (bicyclic) bond motifs is 1. The Kier molecular flexibility index (Phi) is 2.29. The van der Waals surface area contributed by atoms with Crippen LogP contribution in [0, 0.1) is 0 Å². The lowest BCUT2D eigenvalue weighted by Gasteiger charge is -2.40. The highest BCUT2D eigenvalue weighted by Gasteiger charge is 2.24. The Morgan fingerprint density at radius 1 is 1.46 bits per heavy atom. The van der Waals surface area contributed by atoms with Gasteiger partial charge in [-0.1, -0.05) is 0 Å². The van der Waals surface area contributed by atoms with Gasteiger partial charge in [-0.05, 0) is 12.5 Å². The first-order valence-corrected chi connectivity index (χ1v) is 7.61. The number of thiol groups is 1. The summed E-state index contributed by atoms with van der Waals surface area (Å²) < 4.78 is 4.34. The molecular weight excluding hydrogens is 204 g/mol. The van der Waals surface area contributed by atoms with Crippen LogP contribution in [-0.4, -0.2) is 38.1 Å². The van der Waals surface area contributed by atoms with Crippen LogP contribution in [0.2, 0.25) is 0 Å². The van der Waals surface area contributed by atoms with E-state index in [1.165, 1.54) is 0 Å². The number of rotatable bonds is 1. The molecule has 0 aliphatic carbocycles. The van der Waals surface area contributed by atoms with E-state index in [4.69, 9.17) is 0 Å². The molecule has 0 aromatic carbocycles. The number of nitrogens with zero attached hydrogens (tertiary/aromatic N) is 4. The summed E-state index contributed by atoms with van der Waals surface area (Å²) >= 11 is 4.62. The average Bonchev–Trinajstić information content (AvgIpc) is 2.47. The molecule has 6 heteroatoms. The molecule has 0 radical (unpaired) electrons. The Morgan fingerprint density at radius 3 is 2.92 bits per heavy atom. The molecule has 0 N–H and O–H groups in total. The Hall–Kier alpha value is -0.200. The summed E-state index contributed by atoms with van der Waals surface area (Å²) in [6.45, 7) is 2.85. The second-order valence-electron chi connectivity index (χ2n) is 3.48. The van der Waals surface area contributed by atoms with Crippen LogP contribution in [0.3, 0.4) is 0 Å². The summed E-state index contributed by atoms with van der Waals surface area (Å²) in [5, 5.41) is 4.14. The van der Waals surface area contributed by atoms with E-state index in [1.54, 1.807) is 6.33 Å². The van der Waals surface area contributed by atoms with E-state index in [1.807, 2.05) is 4.68 Å². The van der Waals surface area contributed by atoms with Gasteiger partial charge in [0.2, 0.25) is 0 Å². The van der Waals surface area contributed by atoms with Crippen LogP contribution in [0.1, 0.15) is 5.82 Å². The third-order valence-corrected chi connectivity index (χ3v) is 4.47. The highest BCUT2D eigenvalue weighted by Crippen LogP contribution is 2.49. The predicted octanol–water partition coefficient (Wildman–Crippen LogP) is 0.918. The fourth-order valence-electron chi connectivity index (χ4n) is 1.42. The lowest BCUT2D eigenvalue weighted by Crippen LogP contribution is -2.34. The van der Waals surface area contributed by atoms with Gasteiger partial charge < -0.3 is 0 Å². The third-order valence-electron chi connectivity index (χ3n) is 2.21. The zero-order chi connectivity index (χ0) is 9.47. The molecule has 1 aliphatic heterocycles. The summed E-state index contributed by atoms with van der Waals surface area (Å²) in [7, 11) is -0.900. The second-order valence-corrected chi connectivity index (χ2v) is 9.12. The zero-order valence-corrected chi connectivity index (χ0v) is 9.55. The van der Waals surface area contributed by atoms with E-state index in [9.17, 15) is 0 Å². The Bertz CT molecular complexity index is 304. The summed E-state index contributed by atoms with van der Waals surface area (Å²) in [6, 6.07) is 0. The number of hydrogen-bond acceptors (Lipinski definition) is 4. The zero-order valence-electron chi connectivity index (χ0n) is 7.84. The van der Waals surface area contributed by atoms with Crippen molar-refractivity contribution < 1.29 is 0 Å². The minimum Gasteiger partial charge on any atom is -0.250 e. The van der Waals surface area contributed by atoms with Gasteiger partial charge in [0.1, 0.15) is 12.2 Å². The summed E-state index contributed by atoms with van der Waals surface area (Å²) in [5.74, 6) is 1.06. The maximum atomic E-state index is 4.62. The van der Waals surface area contributed by atoms with Crippen molar-refractivity contribution in [2.24, 2.45) is 0 Å². The van der Waals surface area contributed by atoms with Gasteiger partial charge >= 0.3 is 0 Å². The van der Waals surface area contributed by atoms with E-state index < -0.39 is 9.25 Å². The van der Waals surface area contributed by atoms with Gasteiger partial charge in [0.05, 0.1) is 13.1 Å². The molecular formula is C7H14N4S2. The number of aromatic nitrogens is 3. The normalized spacial score (nSPS) is 19.9. The Balaban J connectivity index is 2.18. The van der Waals surface area contributed by atoms with Crippen LogP contribution in [-0.2, 0) is 13.1 Å². The van der Waals surface area contributed by atoms with Gasteiger partial charge in [0, 0.05) is 6.54 Å². The maximum absolute atomic E-state index is 4.62. The summed E-state index contributed by atoms with van der Waals surface area (Å²) in [5.41, 5.74) is 0. The molecule has 2 heterocycles. The first-order chi connectivity index (χ1) is 6.07. The molecule has 1 aromatic heterocycles. The molecule has 0 spiro atoms. The van der Waals surface area contributed by atoms with Crippen molar-refractivity contribution in [3.05, 3.63) is 12.2 Å². The second kappa shape index (κ2) is 3.18.